The number of benzene rings is 3. The zero-order valence-electron chi connectivity index (χ0n) is 25.1. The minimum Gasteiger partial charge on any atom is -0.352 e. The van der Waals surface area contributed by atoms with E-state index in [0.717, 1.165) is 54.2 Å². The van der Waals surface area contributed by atoms with Crippen LogP contribution in [0.4, 0.5) is 5.69 Å². The highest BCUT2D eigenvalue weighted by molar-refractivity contribution is 7.92. The van der Waals surface area contributed by atoms with Crippen molar-refractivity contribution in [2.75, 3.05) is 17.1 Å². The molecule has 1 aliphatic carbocycles. The Kier molecular flexibility index (Phi) is 10.4. The maximum absolute atomic E-state index is 14.4. The Morgan fingerprint density at radius 1 is 0.905 bits per heavy atom. The van der Waals surface area contributed by atoms with E-state index >= 15 is 0 Å². The van der Waals surface area contributed by atoms with Gasteiger partial charge in [-0.1, -0.05) is 99.5 Å². The van der Waals surface area contributed by atoms with Crippen molar-refractivity contribution in [1.82, 2.24) is 10.2 Å². The summed E-state index contributed by atoms with van der Waals surface area (Å²) in [6.45, 7) is 5.75. The number of para-hydroxylation sites is 1. The van der Waals surface area contributed by atoms with Crippen LogP contribution >= 0.6 is 0 Å². The maximum atomic E-state index is 14.4. The van der Waals surface area contributed by atoms with Crippen LogP contribution in [0.3, 0.4) is 0 Å². The van der Waals surface area contributed by atoms with Crippen molar-refractivity contribution in [2.45, 2.75) is 77.4 Å². The van der Waals surface area contributed by atoms with E-state index in [-0.39, 0.29) is 24.4 Å². The lowest BCUT2D eigenvalue weighted by atomic mass is 10.0. The molecule has 1 fully saturated rings. The van der Waals surface area contributed by atoms with Crippen LogP contribution < -0.4 is 9.62 Å². The number of aryl methyl sites for hydroxylation is 1. The number of carbonyl (C=O) groups excluding carboxylic acids is 2. The fraction of sp³-hybridized carbons (Fsp3) is 0.412. The lowest BCUT2D eigenvalue weighted by Crippen LogP contribution is -2.54. The molecule has 8 heteroatoms. The van der Waals surface area contributed by atoms with Crippen LogP contribution in [0.15, 0.2) is 78.9 Å². The number of nitrogens with zero attached hydrogens (tertiary/aromatic N) is 2. The Balaban J connectivity index is 1.76. The Hall–Kier alpha value is -3.65. The molecule has 0 aromatic heterocycles. The first-order valence-corrected chi connectivity index (χ1v) is 16.6. The predicted octanol–water partition coefficient (Wildman–Crippen LogP) is 5.58. The van der Waals surface area contributed by atoms with Crippen LogP contribution in [-0.2, 0) is 32.6 Å². The molecule has 0 aliphatic heterocycles. The first kappa shape index (κ1) is 31.3. The van der Waals surface area contributed by atoms with Gasteiger partial charge in [0.05, 0.1) is 11.9 Å². The van der Waals surface area contributed by atoms with Crippen LogP contribution in [0.5, 0.6) is 0 Å². The van der Waals surface area contributed by atoms with Crippen molar-refractivity contribution in [1.29, 1.82) is 0 Å². The molecule has 0 bridgehead atoms. The van der Waals surface area contributed by atoms with Crippen LogP contribution in [0.1, 0.15) is 67.7 Å². The summed E-state index contributed by atoms with van der Waals surface area (Å²) in [7, 11) is -3.82. The second-order valence-corrected chi connectivity index (χ2v) is 13.5. The third-order valence-electron chi connectivity index (χ3n) is 8.08. The molecule has 1 saturated carbocycles. The molecule has 1 unspecified atom stereocenters. The van der Waals surface area contributed by atoms with E-state index in [9.17, 15) is 18.0 Å². The van der Waals surface area contributed by atoms with E-state index in [1.807, 2.05) is 87.5 Å². The monoisotopic (exact) mass is 589 g/mol. The Morgan fingerprint density at radius 2 is 1.52 bits per heavy atom. The van der Waals surface area contributed by atoms with Crippen LogP contribution in [0.2, 0.25) is 0 Å². The fourth-order valence-electron chi connectivity index (χ4n) is 5.69. The minimum absolute atomic E-state index is 0.0478. The van der Waals surface area contributed by atoms with E-state index in [1.165, 1.54) is 4.31 Å². The van der Waals surface area contributed by atoms with Gasteiger partial charge in [0, 0.05) is 19.0 Å². The summed E-state index contributed by atoms with van der Waals surface area (Å²) < 4.78 is 27.5. The standard InChI is InChI=1S/C34H43N3O4S/c1-25(2)30-20-12-13-21-31(30)37(42(4,40)41)24-33(38)36(23-28-17-9-8-14-26(28)3)32(22-27-15-6-5-7-16-27)34(39)35-29-18-10-11-19-29/h5-9,12-17,20-21,25,29,32H,10-11,18-19,22-24H2,1-4H3,(H,35,39). The summed E-state index contributed by atoms with van der Waals surface area (Å²) in [5.74, 6) is -0.586. The van der Waals surface area contributed by atoms with Crippen molar-refractivity contribution in [2.24, 2.45) is 0 Å². The molecule has 3 aromatic carbocycles. The highest BCUT2D eigenvalue weighted by Crippen LogP contribution is 2.29. The van der Waals surface area contributed by atoms with Gasteiger partial charge >= 0.3 is 0 Å². The zero-order valence-corrected chi connectivity index (χ0v) is 25.9. The number of rotatable bonds is 12. The molecule has 1 aliphatic rings. The zero-order chi connectivity index (χ0) is 30.3. The number of anilines is 1. The van der Waals surface area contributed by atoms with E-state index in [4.69, 9.17) is 0 Å². The average molecular weight is 590 g/mol. The van der Waals surface area contributed by atoms with Gasteiger partial charge in [-0.3, -0.25) is 13.9 Å². The average Bonchev–Trinajstić information content (AvgIpc) is 3.47. The van der Waals surface area contributed by atoms with Crippen molar-refractivity contribution < 1.29 is 18.0 Å². The van der Waals surface area contributed by atoms with Crippen molar-refractivity contribution in [3.05, 3.63) is 101 Å². The SMILES string of the molecule is Cc1ccccc1CN(C(=O)CN(c1ccccc1C(C)C)S(C)(=O)=O)C(Cc1ccccc1)C(=O)NC1CCCC1. The van der Waals surface area contributed by atoms with Gasteiger partial charge in [0.15, 0.2) is 0 Å². The second-order valence-electron chi connectivity index (χ2n) is 11.6. The van der Waals surface area contributed by atoms with E-state index in [1.54, 1.807) is 17.0 Å². The Bertz CT molecular complexity index is 1470. The summed E-state index contributed by atoms with van der Waals surface area (Å²) in [6, 6.07) is 24.0. The molecule has 0 heterocycles. The Labute approximate surface area is 251 Å². The van der Waals surface area contributed by atoms with Gasteiger partial charge in [-0.15, -0.1) is 0 Å². The number of carbonyl (C=O) groups is 2. The number of hydrogen-bond donors (Lipinski definition) is 1. The van der Waals surface area contributed by atoms with E-state index in [2.05, 4.69) is 5.32 Å². The predicted molar refractivity (Wildman–Crippen MR) is 169 cm³/mol. The van der Waals surface area contributed by atoms with E-state index in [0.29, 0.717) is 12.1 Å². The normalized spacial score (nSPS) is 14.5. The lowest BCUT2D eigenvalue weighted by molar-refractivity contribution is -0.140. The van der Waals surface area contributed by atoms with Crippen molar-refractivity contribution >= 4 is 27.5 Å². The highest BCUT2D eigenvalue weighted by Gasteiger charge is 2.35. The highest BCUT2D eigenvalue weighted by atomic mass is 32.2. The molecule has 2 amide bonds. The molecule has 1 N–H and O–H groups in total. The molecule has 3 aromatic rings. The van der Waals surface area contributed by atoms with E-state index < -0.39 is 28.5 Å². The quantitative estimate of drug-likeness (QED) is 0.299. The van der Waals surface area contributed by atoms with Gasteiger partial charge in [0.2, 0.25) is 21.8 Å². The molecule has 0 saturated heterocycles. The summed E-state index contributed by atoms with van der Waals surface area (Å²) in [6.07, 6.45) is 5.42. The van der Waals surface area contributed by atoms with Crippen molar-refractivity contribution in [3.8, 4) is 0 Å². The second kappa shape index (κ2) is 14.0. The fourth-order valence-corrected chi connectivity index (χ4v) is 6.56. The largest absolute Gasteiger partial charge is 0.352 e. The van der Waals surface area contributed by atoms with Gasteiger partial charge in [-0.05, 0) is 54.0 Å². The molecule has 224 valence electrons. The third-order valence-corrected chi connectivity index (χ3v) is 9.21. The topological polar surface area (TPSA) is 86.8 Å². The molecular formula is C34H43N3O4S. The van der Waals surface area contributed by atoms with Gasteiger partial charge in [0.25, 0.3) is 0 Å². The first-order valence-electron chi connectivity index (χ1n) is 14.8. The molecule has 7 nitrogen and oxygen atoms in total. The minimum atomic E-state index is -3.82. The van der Waals surface area contributed by atoms with Crippen LogP contribution in [0, 0.1) is 6.92 Å². The summed E-state index contributed by atoms with van der Waals surface area (Å²) in [5.41, 5.74) is 4.15. The first-order chi connectivity index (χ1) is 20.0. The molecule has 1 atom stereocenters. The maximum Gasteiger partial charge on any atom is 0.244 e. The molecule has 42 heavy (non-hydrogen) atoms. The van der Waals surface area contributed by atoms with Crippen molar-refractivity contribution in [3.63, 3.8) is 0 Å². The smallest absolute Gasteiger partial charge is 0.244 e. The summed E-state index contributed by atoms with van der Waals surface area (Å²) >= 11 is 0. The molecule has 0 spiro atoms. The van der Waals surface area contributed by atoms with Gasteiger partial charge < -0.3 is 10.2 Å². The number of nitrogens with one attached hydrogen (secondary N) is 1. The number of sulfonamides is 1. The molecule has 0 radical (unpaired) electrons. The number of amides is 2. The molecular weight excluding hydrogens is 546 g/mol. The summed E-state index contributed by atoms with van der Waals surface area (Å²) in [5, 5.41) is 3.21. The van der Waals surface area contributed by atoms with Gasteiger partial charge in [-0.25, -0.2) is 8.42 Å². The van der Waals surface area contributed by atoms with Gasteiger partial charge in [-0.2, -0.15) is 0 Å². The Morgan fingerprint density at radius 3 is 2.17 bits per heavy atom. The number of hydrogen-bond acceptors (Lipinski definition) is 4. The van der Waals surface area contributed by atoms with Crippen LogP contribution in [-0.4, -0.2) is 50.0 Å². The molecule has 4 rings (SSSR count). The summed E-state index contributed by atoms with van der Waals surface area (Å²) in [4.78, 5) is 29.9. The van der Waals surface area contributed by atoms with Gasteiger partial charge in [0.1, 0.15) is 12.6 Å². The lowest BCUT2D eigenvalue weighted by Gasteiger charge is -2.35. The third kappa shape index (κ3) is 8.00. The van der Waals surface area contributed by atoms with Crippen LogP contribution in [0.25, 0.3) is 0 Å².